The quantitative estimate of drug-likeness (QED) is 0.792. The summed E-state index contributed by atoms with van der Waals surface area (Å²) in [6, 6.07) is 7.25. The molecule has 0 radical (unpaired) electrons. The van der Waals surface area contributed by atoms with Gasteiger partial charge in [-0.3, -0.25) is 4.79 Å². The van der Waals surface area contributed by atoms with Crippen molar-refractivity contribution in [2.45, 2.75) is 33.0 Å². The number of amides is 1. The number of hydrogen-bond donors (Lipinski definition) is 2. The summed E-state index contributed by atoms with van der Waals surface area (Å²) in [7, 11) is 1.64. The normalized spacial score (nSPS) is 12.5. The Morgan fingerprint density at radius 2 is 1.95 bits per heavy atom. The molecule has 1 amide bonds. The number of carbonyl (C=O) groups is 1. The smallest absolute Gasteiger partial charge is 0.251 e. The molecule has 1 rings (SSSR count). The molecule has 0 aliphatic heterocycles. The first kappa shape index (κ1) is 15.7. The topological polar surface area (TPSA) is 58.6 Å². The molecule has 4 nitrogen and oxygen atoms in total. The van der Waals surface area contributed by atoms with E-state index in [4.69, 9.17) is 4.74 Å². The monoisotopic (exact) mass is 265 g/mol. The van der Waals surface area contributed by atoms with Crippen LogP contribution < -0.4 is 5.32 Å². The van der Waals surface area contributed by atoms with Gasteiger partial charge in [-0.1, -0.05) is 26.0 Å². The number of ether oxygens (including phenoxy) is 1. The third-order valence-electron chi connectivity index (χ3n) is 2.77. The van der Waals surface area contributed by atoms with Gasteiger partial charge >= 0.3 is 0 Å². The van der Waals surface area contributed by atoms with E-state index in [-0.39, 0.29) is 12.5 Å². The molecular weight excluding hydrogens is 242 g/mol. The first-order valence-electron chi connectivity index (χ1n) is 6.57. The van der Waals surface area contributed by atoms with Crippen LogP contribution in [0.1, 0.15) is 36.2 Å². The molecule has 0 unspecified atom stereocenters. The minimum atomic E-state index is -0.489. The minimum absolute atomic E-state index is 0.160. The third kappa shape index (κ3) is 5.85. The van der Waals surface area contributed by atoms with Crippen molar-refractivity contribution >= 4 is 5.91 Å². The molecule has 0 saturated carbocycles. The van der Waals surface area contributed by atoms with Gasteiger partial charge in [0.1, 0.15) is 0 Å². The van der Waals surface area contributed by atoms with Gasteiger partial charge in [0.05, 0.1) is 12.7 Å². The van der Waals surface area contributed by atoms with Gasteiger partial charge in [-0.15, -0.1) is 0 Å². The number of nitrogens with one attached hydrogen (secondary N) is 1. The Morgan fingerprint density at radius 3 is 2.47 bits per heavy atom. The van der Waals surface area contributed by atoms with Crippen LogP contribution in [-0.4, -0.2) is 30.8 Å². The SMILES string of the molecule is COCc1ccc(C(=O)NC[C@@H](O)CC(C)C)cc1. The zero-order chi connectivity index (χ0) is 14.3. The second-order valence-electron chi connectivity index (χ2n) is 5.12. The summed E-state index contributed by atoms with van der Waals surface area (Å²) in [6.45, 7) is 4.91. The molecule has 1 atom stereocenters. The molecule has 0 aliphatic carbocycles. The Morgan fingerprint density at radius 1 is 1.32 bits per heavy atom. The van der Waals surface area contributed by atoms with Crippen LogP contribution in [0.2, 0.25) is 0 Å². The zero-order valence-electron chi connectivity index (χ0n) is 11.8. The van der Waals surface area contributed by atoms with Crippen LogP contribution >= 0.6 is 0 Å². The highest BCUT2D eigenvalue weighted by atomic mass is 16.5. The molecule has 1 aromatic carbocycles. The van der Waals surface area contributed by atoms with Crippen LogP contribution in [0.4, 0.5) is 0 Å². The van der Waals surface area contributed by atoms with Crippen LogP contribution in [-0.2, 0) is 11.3 Å². The number of carbonyl (C=O) groups excluding carboxylic acids is 1. The maximum atomic E-state index is 11.9. The molecule has 0 aliphatic rings. The number of aliphatic hydroxyl groups excluding tert-OH is 1. The van der Waals surface area contributed by atoms with Gasteiger partial charge in [0, 0.05) is 19.2 Å². The summed E-state index contributed by atoms with van der Waals surface area (Å²) in [4.78, 5) is 11.9. The van der Waals surface area contributed by atoms with E-state index in [9.17, 15) is 9.90 Å². The standard InChI is InChI=1S/C15H23NO3/c1-11(2)8-14(17)9-16-15(18)13-6-4-12(5-7-13)10-19-3/h4-7,11,14,17H,8-10H2,1-3H3,(H,16,18)/t14-/m0/s1. The van der Waals surface area contributed by atoms with E-state index in [0.717, 1.165) is 5.56 Å². The summed E-state index contributed by atoms with van der Waals surface area (Å²) in [6.07, 6.45) is 0.198. The molecule has 0 bridgehead atoms. The molecule has 0 aromatic heterocycles. The van der Waals surface area contributed by atoms with Gasteiger partial charge in [0.15, 0.2) is 0 Å². The first-order chi connectivity index (χ1) is 9.02. The number of benzene rings is 1. The van der Waals surface area contributed by atoms with Crippen molar-refractivity contribution in [1.29, 1.82) is 0 Å². The third-order valence-corrected chi connectivity index (χ3v) is 2.77. The fraction of sp³-hybridized carbons (Fsp3) is 0.533. The maximum Gasteiger partial charge on any atom is 0.251 e. The lowest BCUT2D eigenvalue weighted by atomic mass is 10.1. The molecule has 0 heterocycles. The Labute approximate surface area is 114 Å². The van der Waals surface area contributed by atoms with Gasteiger partial charge in [0.2, 0.25) is 0 Å². The van der Waals surface area contributed by atoms with E-state index in [1.54, 1.807) is 19.2 Å². The van der Waals surface area contributed by atoms with Gasteiger partial charge in [0.25, 0.3) is 5.91 Å². The van der Waals surface area contributed by atoms with E-state index in [1.165, 1.54) is 0 Å². The second-order valence-corrected chi connectivity index (χ2v) is 5.12. The highest BCUT2D eigenvalue weighted by Crippen LogP contribution is 2.06. The van der Waals surface area contributed by atoms with Crippen molar-refractivity contribution in [3.63, 3.8) is 0 Å². The van der Waals surface area contributed by atoms with Crippen molar-refractivity contribution < 1.29 is 14.6 Å². The lowest BCUT2D eigenvalue weighted by Crippen LogP contribution is -2.32. The molecule has 0 spiro atoms. The predicted molar refractivity (Wildman–Crippen MR) is 75.0 cm³/mol. The Kier molecular flexibility index (Phi) is 6.53. The van der Waals surface area contributed by atoms with Crippen LogP contribution in [0, 0.1) is 5.92 Å². The van der Waals surface area contributed by atoms with E-state index in [0.29, 0.717) is 24.5 Å². The maximum absolute atomic E-state index is 11.9. The highest BCUT2D eigenvalue weighted by Gasteiger charge is 2.10. The number of rotatable bonds is 7. The largest absolute Gasteiger partial charge is 0.391 e. The van der Waals surface area contributed by atoms with Crippen molar-refractivity contribution in [2.75, 3.05) is 13.7 Å². The molecule has 19 heavy (non-hydrogen) atoms. The average Bonchev–Trinajstić information content (AvgIpc) is 2.36. The molecule has 0 fully saturated rings. The van der Waals surface area contributed by atoms with Crippen molar-refractivity contribution in [3.8, 4) is 0 Å². The predicted octanol–water partition coefficient (Wildman–Crippen LogP) is 1.97. The van der Waals surface area contributed by atoms with Crippen molar-refractivity contribution in [1.82, 2.24) is 5.32 Å². The summed E-state index contributed by atoms with van der Waals surface area (Å²) in [5.41, 5.74) is 1.62. The van der Waals surface area contributed by atoms with Crippen molar-refractivity contribution in [2.24, 2.45) is 5.92 Å². The average molecular weight is 265 g/mol. The molecule has 2 N–H and O–H groups in total. The molecule has 1 aromatic rings. The van der Waals surface area contributed by atoms with Gasteiger partial charge in [-0.05, 0) is 30.0 Å². The second kappa shape index (κ2) is 7.92. The van der Waals surface area contributed by atoms with E-state index in [1.807, 2.05) is 26.0 Å². The Bertz CT molecular complexity index is 387. The summed E-state index contributed by atoms with van der Waals surface area (Å²) < 4.78 is 5.01. The van der Waals surface area contributed by atoms with Crippen LogP contribution in [0.25, 0.3) is 0 Å². The number of methoxy groups -OCH3 is 1. The fourth-order valence-electron chi connectivity index (χ4n) is 1.86. The zero-order valence-corrected chi connectivity index (χ0v) is 11.8. The lowest BCUT2D eigenvalue weighted by Gasteiger charge is -2.14. The van der Waals surface area contributed by atoms with Crippen molar-refractivity contribution in [3.05, 3.63) is 35.4 Å². The molecular formula is C15H23NO3. The van der Waals surface area contributed by atoms with E-state index in [2.05, 4.69) is 5.32 Å². The Hall–Kier alpha value is -1.39. The van der Waals surface area contributed by atoms with Crippen LogP contribution in [0.15, 0.2) is 24.3 Å². The first-order valence-corrected chi connectivity index (χ1v) is 6.57. The molecule has 4 heteroatoms. The highest BCUT2D eigenvalue weighted by molar-refractivity contribution is 5.94. The minimum Gasteiger partial charge on any atom is -0.391 e. The summed E-state index contributed by atoms with van der Waals surface area (Å²) >= 11 is 0. The summed E-state index contributed by atoms with van der Waals surface area (Å²) in [5.74, 6) is 0.256. The number of aliphatic hydroxyl groups is 1. The molecule has 106 valence electrons. The summed E-state index contributed by atoms with van der Waals surface area (Å²) in [5, 5.41) is 12.4. The van der Waals surface area contributed by atoms with Gasteiger partial charge in [-0.2, -0.15) is 0 Å². The van der Waals surface area contributed by atoms with Gasteiger partial charge in [-0.25, -0.2) is 0 Å². The van der Waals surface area contributed by atoms with Crippen LogP contribution in [0.5, 0.6) is 0 Å². The van der Waals surface area contributed by atoms with E-state index >= 15 is 0 Å². The number of hydrogen-bond acceptors (Lipinski definition) is 3. The van der Waals surface area contributed by atoms with Crippen LogP contribution in [0.3, 0.4) is 0 Å². The fourth-order valence-corrected chi connectivity index (χ4v) is 1.86. The Balaban J connectivity index is 2.44. The van der Waals surface area contributed by atoms with Gasteiger partial charge < -0.3 is 15.2 Å². The van der Waals surface area contributed by atoms with E-state index < -0.39 is 6.10 Å². The lowest BCUT2D eigenvalue weighted by molar-refractivity contribution is 0.0900. The molecule has 0 saturated heterocycles.